The van der Waals surface area contributed by atoms with Crippen molar-refractivity contribution in [3.8, 4) is 5.00 Å². The van der Waals surface area contributed by atoms with E-state index in [-0.39, 0.29) is 5.69 Å². The van der Waals surface area contributed by atoms with E-state index in [0.29, 0.717) is 10.6 Å². The number of aryl methyl sites for hydroxylation is 1. The smallest absolute Gasteiger partial charge is 0.341 e. The second kappa shape index (κ2) is 8.23. The summed E-state index contributed by atoms with van der Waals surface area (Å²) in [7, 11) is 0. The average Bonchev–Trinajstić information content (AvgIpc) is 3.30. The zero-order valence-corrected chi connectivity index (χ0v) is 16.3. The summed E-state index contributed by atoms with van der Waals surface area (Å²) in [5.74, 6) is -2.37. The van der Waals surface area contributed by atoms with Crippen molar-refractivity contribution in [2.75, 3.05) is 11.9 Å². The molecule has 0 saturated carbocycles. The Morgan fingerprint density at radius 3 is 2.62 bits per heavy atom. The van der Waals surface area contributed by atoms with Crippen LogP contribution in [0.1, 0.15) is 20.8 Å². The number of nitrogens with zero attached hydrogens (tertiary/aromatic N) is 2. The van der Waals surface area contributed by atoms with Gasteiger partial charge in [0.2, 0.25) is 5.82 Å². The first-order valence-electron chi connectivity index (χ1n) is 8.42. The first-order chi connectivity index (χ1) is 13.8. The van der Waals surface area contributed by atoms with Crippen LogP contribution in [-0.2, 0) is 9.53 Å². The van der Waals surface area contributed by atoms with Crippen LogP contribution in [0, 0.1) is 29.8 Å². The summed E-state index contributed by atoms with van der Waals surface area (Å²) in [6.07, 6.45) is 3.60. The number of thiophene rings is 1. The van der Waals surface area contributed by atoms with Crippen molar-refractivity contribution in [3.63, 3.8) is 0 Å². The van der Waals surface area contributed by atoms with Gasteiger partial charge in [0.25, 0.3) is 5.91 Å². The highest BCUT2D eigenvalue weighted by atomic mass is 32.1. The Morgan fingerprint density at radius 1 is 1.28 bits per heavy atom. The molecule has 2 aromatic heterocycles. The third-order valence-corrected chi connectivity index (χ3v) is 5.39. The molecule has 3 rings (SSSR count). The summed E-state index contributed by atoms with van der Waals surface area (Å²) in [6.45, 7) is 3.09. The number of rotatable bonds is 6. The maximum atomic E-state index is 13.4. The Kier molecular flexibility index (Phi) is 5.74. The van der Waals surface area contributed by atoms with E-state index in [1.54, 1.807) is 23.9 Å². The Bertz CT molecular complexity index is 1090. The molecule has 29 heavy (non-hydrogen) atoms. The van der Waals surface area contributed by atoms with E-state index in [2.05, 4.69) is 5.32 Å². The fraction of sp³-hybridized carbons (Fsp3) is 0.158. The van der Waals surface area contributed by atoms with Gasteiger partial charge in [-0.05, 0) is 43.7 Å². The lowest BCUT2D eigenvalue weighted by Crippen LogP contribution is -2.21. The first kappa shape index (κ1) is 20.2. The molecule has 1 amide bonds. The lowest BCUT2D eigenvalue weighted by Gasteiger charge is -2.09. The van der Waals surface area contributed by atoms with E-state index in [9.17, 15) is 24.1 Å². The molecule has 0 aliphatic carbocycles. The highest BCUT2D eigenvalue weighted by molar-refractivity contribution is 7.15. The topological polar surface area (TPSA) is 103 Å². The number of hydrogen-bond acceptors (Lipinski definition) is 6. The molecule has 0 aliphatic heterocycles. The van der Waals surface area contributed by atoms with Crippen LogP contribution in [0.2, 0.25) is 0 Å². The summed E-state index contributed by atoms with van der Waals surface area (Å²) >= 11 is 1.43. The van der Waals surface area contributed by atoms with Crippen LogP contribution in [0.5, 0.6) is 0 Å². The molecular weight excluding hydrogens is 401 g/mol. The number of hydrogen-bond donors (Lipinski definition) is 1. The molecule has 0 atom stereocenters. The van der Waals surface area contributed by atoms with Crippen molar-refractivity contribution in [2.45, 2.75) is 13.8 Å². The number of halogens is 1. The molecule has 3 aromatic rings. The SMILES string of the molecule is Cc1sc(-n2cccc2)c(C(=O)OCC(=O)Nc2ccc(F)c([N+](=O)[O-])c2)c1C. The Labute approximate surface area is 168 Å². The van der Waals surface area contributed by atoms with Gasteiger partial charge in [-0.1, -0.05) is 0 Å². The number of anilines is 1. The average molecular weight is 417 g/mol. The fourth-order valence-corrected chi connectivity index (χ4v) is 3.74. The number of carbonyl (C=O) groups is 2. The molecule has 10 heteroatoms. The van der Waals surface area contributed by atoms with Gasteiger partial charge in [0, 0.05) is 29.0 Å². The number of nitrogens with one attached hydrogen (secondary N) is 1. The lowest BCUT2D eigenvalue weighted by molar-refractivity contribution is -0.387. The second-order valence-electron chi connectivity index (χ2n) is 6.10. The zero-order chi connectivity index (χ0) is 21.1. The van der Waals surface area contributed by atoms with Crippen LogP contribution < -0.4 is 5.32 Å². The fourth-order valence-electron chi connectivity index (χ4n) is 2.63. The van der Waals surface area contributed by atoms with E-state index < -0.39 is 34.9 Å². The molecule has 8 nitrogen and oxygen atoms in total. The van der Waals surface area contributed by atoms with Gasteiger partial charge in [-0.2, -0.15) is 4.39 Å². The second-order valence-corrected chi connectivity index (χ2v) is 7.30. The predicted octanol–water partition coefficient (Wildman–Crippen LogP) is 4.00. The molecule has 1 aromatic carbocycles. The Balaban J connectivity index is 1.70. The molecule has 0 spiro atoms. The van der Waals surface area contributed by atoms with Crippen molar-refractivity contribution < 1.29 is 23.6 Å². The van der Waals surface area contributed by atoms with Crippen molar-refractivity contribution in [1.29, 1.82) is 0 Å². The molecule has 0 bridgehead atoms. The van der Waals surface area contributed by atoms with E-state index in [1.807, 2.05) is 19.1 Å². The molecular formula is C19H16FN3O5S. The number of aromatic nitrogens is 1. The van der Waals surface area contributed by atoms with Gasteiger partial charge < -0.3 is 14.6 Å². The van der Waals surface area contributed by atoms with Crippen molar-refractivity contribution in [1.82, 2.24) is 4.57 Å². The largest absolute Gasteiger partial charge is 0.452 e. The maximum absolute atomic E-state index is 13.4. The summed E-state index contributed by atoms with van der Waals surface area (Å²) in [6, 6.07) is 6.61. The van der Waals surface area contributed by atoms with E-state index in [0.717, 1.165) is 22.6 Å². The summed E-state index contributed by atoms with van der Waals surface area (Å²) in [4.78, 5) is 35.5. The number of nitro benzene ring substituents is 1. The molecule has 0 fully saturated rings. The van der Waals surface area contributed by atoms with Crippen LogP contribution in [0.25, 0.3) is 5.00 Å². The van der Waals surface area contributed by atoms with Crippen LogP contribution in [0.3, 0.4) is 0 Å². The third-order valence-electron chi connectivity index (χ3n) is 4.17. The molecule has 0 radical (unpaired) electrons. The van der Waals surface area contributed by atoms with E-state index >= 15 is 0 Å². The predicted molar refractivity (Wildman–Crippen MR) is 105 cm³/mol. The molecule has 1 N–H and O–H groups in total. The van der Waals surface area contributed by atoms with Crippen LogP contribution >= 0.6 is 11.3 Å². The Hall–Kier alpha value is -3.53. The maximum Gasteiger partial charge on any atom is 0.341 e. The summed E-state index contributed by atoms with van der Waals surface area (Å²) in [5.41, 5.74) is 0.391. The van der Waals surface area contributed by atoms with Gasteiger partial charge in [0.15, 0.2) is 6.61 Å². The van der Waals surface area contributed by atoms with Crippen LogP contribution in [0.4, 0.5) is 15.8 Å². The molecule has 0 unspecified atom stereocenters. The van der Waals surface area contributed by atoms with E-state index in [1.165, 1.54) is 17.4 Å². The van der Waals surface area contributed by atoms with Gasteiger partial charge in [0.05, 0.1) is 10.5 Å². The third kappa shape index (κ3) is 4.32. The number of benzene rings is 1. The van der Waals surface area contributed by atoms with Gasteiger partial charge >= 0.3 is 11.7 Å². The highest BCUT2D eigenvalue weighted by Gasteiger charge is 2.23. The highest BCUT2D eigenvalue weighted by Crippen LogP contribution is 2.31. The summed E-state index contributed by atoms with van der Waals surface area (Å²) < 4.78 is 20.3. The quantitative estimate of drug-likeness (QED) is 0.371. The normalized spacial score (nSPS) is 10.6. The monoisotopic (exact) mass is 417 g/mol. The number of amides is 1. The molecule has 0 saturated heterocycles. The van der Waals surface area contributed by atoms with Gasteiger partial charge in [-0.3, -0.25) is 14.9 Å². The van der Waals surface area contributed by atoms with Crippen molar-refractivity contribution in [3.05, 3.63) is 74.7 Å². The number of esters is 1. The number of nitro groups is 1. The molecule has 2 heterocycles. The van der Waals surface area contributed by atoms with Gasteiger partial charge in [-0.15, -0.1) is 11.3 Å². The van der Waals surface area contributed by atoms with E-state index in [4.69, 9.17) is 4.74 Å². The standard InChI is InChI=1S/C19H16FN3O5S/c1-11-12(2)29-18(22-7-3-4-8-22)17(11)19(25)28-10-16(24)21-13-5-6-14(20)15(9-13)23(26)27/h3-9H,10H2,1-2H3,(H,21,24). The Morgan fingerprint density at radius 2 is 1.97 bits per heavy atom. The first-order valence-corrected chi connectivity index (χ1v) is 9.24. The molecule has 150 valence electrons. The zero-order valence-electron chi connectivity index (χ0n) is 15.5. The van der Waals surface area contributed by atoms with Crippen molar-refractivity contribution >= 4 is 34.6 Å². The summed E-state index contributed by atoms with van der Waals surface area (Å²) in [5, 5.41) is 13.8. The number of ether oxygens (including phenoxy) is 1. The molecule has 0 aliphatic rings. The minimum absolute atomic E-state index is 0.0229. The minimum Gasteiger partial charge on any atom is -0.452 e. The van der Waals surface area contributed by atoms with Crippen LogP contribution in [-0.4, -0.2) is 28.0 Å². The van der Waals surface area contributed by atoms with Crippen molar-refractivity contribution in [2.24, 2.45) is 0 Å². The van der Waals surface area contributed by atoms with Gasteiger partial charge in [0.1, 0.15) is 5.00 Å². The van der Waals surface area contributed by atoms with Gasteiger partial charge in [-0.25, -0.2) is 4.79 Å². The van der Waals surface area contributed by atoms with Crippen LogP contribution in [0.15, 0.2) is 42.7 Å². The number of carbonyl (C=O) groups excluding carboxylic acids is 2. The lowest BCUT2D eigenvalue weighted by atomic mass is 10.1. The minimum atomic E-state index is -1.01.